The summed E-state index contributed by atoms with van der Waals surface area (Å²) in [4.78, 5) is 21.8. The Kier molecular flexibility index (Phi) is 6.39. The van der Waals surface area contributed by atoms with E-state index in [0.29, 0.717) is 5.56 Å². The van der Waals surface area contributed by atoms with Crippen molar-refractivity contribution in [1.82, 2.24) is 10.1 Å². The number of hydrogen-bond donors (Lipinski definition) is 2. The van der Waals surface area contributed by atoms with E-state index >= 15 is 0 Å². The highest BCUT2D eigenvalue weighted by Gasteiger charge is 2.15. The van der Waals surface area contributed by atoms with Crippen LogP contribution in [0.4, 0.5) is 5.69 Å². The predicted molar refractivity (Wildman–Crippen MR) is 95.5 cm³/mol. The molecule has 0 saturated heterocycles. The summed E-state index contributed by atoms with van der Waals surface area (Å²) >= 11 is 5.69. The molecule has 2 aromatic rings. The van der Waals surface area contributed by atoms with Crippen molar-refractivity contribution in [3.63, 3.8) is 0 Å². The lowest BCUT2D eigenvalue weighted by atomic mass is 10.2. The molecule has 0 radical (unpaired) electrons. The van der Waals surface area contributed by atoms with Crippen molar-refractivity contribution in [1.29, 1.82) is 0 Å². The minimum absolute atomic E-state index is 0.0218. The number of nitrogens with one attached hydrogen (secondary N) is 2. The van der Waals surface area contributed by atoms with E-state index in [1.54, 1.807) is 18.2 Å². The Balaban J connectivity index is 1.92. The number of nitro groups is 1. The van der Waals surface area contributed by atoms with Crippen LogP contribution in [-0.4, -0.2) is 32.0 Å². The third kappa shape index (κ3) is 5.34. The molecule has 9 nitrogen and oxygen atoms in total. The summed E-state index contributed by atoms with van der Waals surface area (Å²) in [6.07, 6.45) is 1.17. The van der Waals surface area contributed by atoms with Gasteiger partial charge in [0.2, 0.25) is 10.0 Å². The summed E-state index contributed by atoms with van der Waals surface area (Å²) in [5, 5.41) is 14.4. The van der Waals surface area contributed by atoms with Gasteiger partial charge in [0.25, 0.3) is 11.6 Å². The highest BCUT2D eigenvalue weighted by atomic mass is 35.5. The van der Waals surface area contributed by atoms with Crippen LogP contribution in [0.25, 0.3) is 0 Å². The van der Waals surface area contributed by atoms with Crippen molar-refractivity contribution in [2.75, 3.05) is 6.54 Å². The normalized spacial score (nSPS) is 11.4. The Morgan fingerprint density at radius 1 is 1.23 bits per heavy atom. The highest BCUT2D eigenvalue weighted by Crippen LogP contribution is 2.24. The molecular weight excluding hydrogens is 384 g/mol. The van der Waals surface area contributed by atoms with Gasteiger partial charge in [0.15, 0.2) is 0 Å². The SMILES string of the molecule is O=C(CNS(=O)(=O)c1ccccc1)N/N=C\c1ccc(Cl)c([N+](=O)[O-])c1. The number of carbonyl (C=O) groups excluding carboxylic acids is 1. The second-order valence-corrected chi connectivity index (χ2v) is 7.07. The maximum atomic E-state index is 12.0. The third-order valence-electron chi connectivity index (χ3n) is 3.05. The lowest BCUT2D eigenvalue weighted by Crippen LogP contribution is -2.34. The molecule has 136 valence electrons. The quantitative estimate of drug-likeness (QED) is 0.417. The van der Waals surface area contributed by atoms with Crippen molar-refractivity contribution in [2.24, 2.45) is 5.10 Å². The van der Waals surface area contributed by atoms with Crippen LogP contribution in [0.2, 0.25) is 5.02 Å². The monoisotopic (exact) mass is 396 g/mol. The molecule has 2 N–H and O–H groups in total. The summed E-state index contributed by atoms with van der Waals surface area (Å²) in [5.41, 5.74) is 2.16. The van der Waals surface area contributed by atoms with Gasteiger partial charge >= 0.3 is 0 Å². The van der Waals surface area contributed by atoms with Gasteiger partial charge in [0.1, 0.15) is 5.02 Å². The minimum Gasteiger partial charge on any atom is -0.272 e. The molecular formula is C15H13ClN4O5S. The summed E-state index contributed by atoms with van der Waals surface area (Å²) in [7, 11) is -3.80. The van der Waals surface area contributed by atoms with Crippen LogP contribution < -0.4 is 10.1 Å². The van der Waals surface area contributed by atoms with E-state index in [1.807, 2.05) is 0 Å². The molecule has 0 spiro atoms. The molecule has 0 fully saturated rings. The van der Waals surface area contributed by atoms with Gasteiger partial charge in [-0.2, -0.15) is 5.10 Å². The molecule has 26 heavy (non-hydrogen) atoms. The van der Waals surface area contributed by atoms with Gasteiger partial charge in [-0.3, -0.25) is 14.9 Å². The Labute approximate surface area is 153 Å². The zero-order chi connectivity index (χ0) is 19.2. The Morgan fingerprint density at radius 3 is 2.58 bits per heavy atom. The van der Waals surface area contributed by atoms with Gasteiger partial charge < -0.3 is 0 Å². The zero-order valence-electron chi connectivity index (χ0n) is 13.1. The van der Waals surface area contributed by atoms with Crippen LogP contribution in [0, 0.1) is 10.1 Å². The number of carbonyl (C=O) groups is 1. The molecule has 0 atom stereocenters. The molecule has 0 saturated carbocycles. The van der Waals surface area contributed by atoms with Gasteiger partial charge in [-0.05, 0) is 18.2 Å². The van der Waals surface area contributed by atoms with Crippen LogP contribution >= 0.6 is 11.6 Å². The second-order valence-electron chi connectivity index (χ2n) is 4.90. The number of hydrazone groups is 1. The molecule has 0 unspecified atom stereocenters. The van der Waals surface area contributed by atoms with Crippen molar-refractivity contribution in [3.05, 3.63) is 69.2 Å². The number of halogens is 1. The number of benzene rings is 2. The van der Waals surface area contributed by atoms with E-state index in [-0.39, 0.29) is 15.6 Å². The number of nitro benzene ring substituents is 1. The number of rotatable bonds is 7. The maximum absolute atomic E-state index is 12.0. The van der Waals surface area contributed by atoms with Crippen LogP contribution in [0.3, 0.4) is 0 Å². The van der Waals surface area contributed by atoms with Gasteiger partial charge in [-0.1, -0.05) is 35.9 Å². The molecule has 1 amide bonds. The molecule has 0 aromatic heterocycles. The molecule has 0 aliphatic heterocycles. The van der Waals surface area contributed by atoms with Crippen molar-refractivity contribution >= 4 is 39.4 Å². The van der Waals surface area contributed by atoms with E-state index in [1.165, 1.54) is 36.5 Å². The summed E-state index contributed by atoms with van der Waals surface area (Å²) in [5.74, 6) is -0.704. The van der Waals surface area contributed by atoms with E-state index in [4.69, 9.17) is 11.6 Å². The van der Waals surface area contributed by atoms with Gasteiger partial charge in [-0.15, -0.1) is 0 Å². The first-order valence-electron chi connectivity index (χ1n) is 7.10. The molecule has 2 rings (SSSR count). The van der Waals surface area contributed by atoms with E-state index in [0.717, 1.165) is 0 Å². The first-order chi connectivity index (χ1) is 12.3. The summed E-state index contributed by atoms with van der Waals surface area (Å²) < 4.78 is 26.1. The lowest BCUT2D eigenvalue weighted by molar-refractivity contribution is -0.384. The smallest absolute Gasteiger partial charge is 0.272 e. The topological polar surface area (TPSA) is 131 Å². The van der Waals surface area contributed by atoms with Crippen molar-refractivity contribution < 1.29 is 18.1 Å². The lowest BCUT2D eigenvalue weighted by Gasteiger charge is -2.05. The van der Waals surface area contributed by atoms with E-state index in [9.17, 15) is 23.3 Å². The van der Waals surface area contributed by atoms with Crippen LogP contribution in [-0.2, 0) is 14.8 Å². The fourth-order valence-electron chi connectivity index (χ4n) is 1.81. The summed E-state index contributed by atoms with van der Waals surface area (Å²) in [6, 6.07) is 11.6. The molecule has 0 aliphatic rings. The van der Waals surface area contributed by atoms with Gasteiger partial charge in [-0.25, -0.2) is 18.6 Å². The fourth-order valence-corrected chi connectivity index (χ4v) is 3.00. The van der Waals surface area contributed by atoms with Crippen LogP contribution in [0.15, 0.2) is 58.5 Å². The van der Waals surface area contributed by atoms with Gasteiger partial charge in [0.05, 0.1) is 22.6 Å². The minimum atomic E-state index is -3.80. The standard InChI is InChI=1S/C15H13ClN4O5S/c16-13-7-6-11(8-14(13)20(22)23)9-17-19-15(21)10-18-26(24,25)12-4-2-1-3-5-12/h1-9,18H,10H2,(H,19,21)/b17-9-. The van der Waals surface area contributed by atoms with Crippen molar-refractivity contribution in [3.8, 4) is 0 Å². The number of hydrogen-bond acceptors (Lipinski definition) is 6. The van der Waals surface area contributed by atoms with E-state index < -0.39 is 27.4 Å². The summed E-state index contributed by atoms with van der Waals surface area (Å²) in [6.45, 7) is -0.519. The third-order valence-corrected chi connectivity index (χ3v) is 4.78. The average Bonchev–Trinajstić information content (AvgIpc) is 2.62. The van der Waals surface area contributed by atoms with Crippen molar-refractivity contribution in [2.45, 2.75) is 4.90 Å². The van der Waals surface area contributed by atoms with Gasteiger partial charge in [0, 0.05) is 11.6 Å². The molecule has 0 bridgehead atoms. The Bertz CT molecular complexity index is 948. The molecule has 2 aromatic carbocycles. The highest BCUT2D eigenvalue weighted by molar-refractivity contribution is 7.89. The number of sulfonamides is 1. The molecule has 0 heterocycles. The largest absolute Gasteiger partial charge is 0.288 e. The van der Waals surface area contributed by atoms with E-state index in [2.05, 4.69) is 15.2 Å². The fraction of sp³-hybridized carbons (Fsp3) is 0.0667. The number of nitrogens with zero attached hydrogens (tertiary/aromatic N) is 2. The zero-order valence-corrected chi connectivity index (χ0v) is 14.7. The van der Waals surface area contributed by atoms with Crippen LogP contribution in [0.5, 0.6) is 0 Å². The first-order valence-corrected chi connectivity index (χ1v) is 8.96. The maximum Gasteiger partial charge on any atom is 0.288 e. The Morgan fingerprint density at radius 2 is 1.92 bits per heavy atom. The van der Waals surface area contributed by atoms with Crippen LogP contribution in [0.1, 0.15) is 5.56 Å². The molecule has 0 aliphatic carbocycles. The first kappa shape index (κ1) is 19.5. The predicted octanol–water partition coefficient (Wildman–Crippen LogP) is 1.68. The average molecular weight is 397 g/mol. The molecule has 11 heteroatoms. The number of amides is 1. The second kappa shape index (κ2) is 8.52. The Hall–Kier alpha value is -2.82.